The van der Waals surface area contributed by atoms with Gasteiger partial charge in [-0.25, -0.2) is 4.39 Å². The third-order valence-electron chi connectivity index (χ3n) is 4.14. The Morgan fingerprint density at radius 2 is 2.00 bits per heavy atom. The van der Waals surface area contributed by atoms with E-state index < -0.39 is 11.9 Å². The first-order chi connectivity index (χ1) is 9.22. The van der Waals surface area contributed by atoms with Crippen LogP contribution in [0.25, 0.3) is 0 Å². The molecule has 1 aromatic rings. The van der Waals surface area contributed by atoms with Crippen molar-refractivity contribution in [3.8, 4) is 6.07 Å². The van der Waals surface area contributed by atoms with Gasteiger partial charge >= 0.3 is 0 Å². The highest BCUT2D eigenvalue weighted by Crippen LogP contribution is 2.38. The van der Waals surface area contributed by atoms with Crippen LogP contribution in [-0.4, -0.2) is 16.8 Å². The van der Waals surface area contributed by atoms with E-state index in [0.717, 1.165) is 25.7 Å². The molecule has 1 fully saturated rings. The minimum atomic E-state index is -0.624. The Balaban J connectivity index is 1.99. The number of carbonyl (C=O) groups excluding carboxylic acids is 1. The molecule has 0 N–H and O–H groups in total. The molecule has 1 amide bonds. The summed E-state index contributed by atoms with van der Waals surface area (Å²) in [6.07, 6.45) is 5.27. The fourth-order valence-electron chi connectivity index (χ4n) is 3.23. The van der Waals surface area contributed by atoms with E-state index in [1.807, 2.05) is 0 Å². The van der Waals surface area contributed by atoms with E-state index in [4.69, 9.17) is 0 Å². The van der Waals surface area contributed by atoms with Crippen LogP contribution in [0.1, 0.15) is 54.1 Å². The van der Waals surface area contributed by atoms with Crippen molar-refractivity contribution in [1.29, 1.82) is 5.26 Å². The Kier molecular flexibility index (Phi) is 2.98. The van der Waals surface area contributed by atoms with E-state index >= 15 is 0 Å². The zero-order valence-electron chi connectivity index (χ0n) is 10.6. The van der Waals surface area contributed by atoms with Gasteiger partial charge in [-0.15, -0.1) is 0 Å². The van der Waals surface area contributed by atoms with Gasteiger partial charge in [0.15, 0.2) is 0 Å². The smallest absolute Gasteiger partial charge is 0.255 e. The lowest BCUT2D eigenvalue weighted by Crippen LogP contribution is -2.39. The molecule has 1 heterocycles. The Bertz CT molecular complexity index is 558. The van der Waals surface area contributed by atoms with Gasteiger partial charge in [-0.3, -0.25) is 4.79 Å². The largest absolute Gasteiger partial charge is 0.315 e. The molecular weight excluding hydrogens is 243 g/mol. The summed E-state index contributed by atoms with van der Waals surface area (Å²) in [7, 11) is 0. The first-order valence-corrected chi connectivity index (χ1v) is 6.74. The van der Waals surface area contributed by atoms with E-state index in [9.17, 15) is 14.4 Å². The van der Waals surface area contributed by atoms with Gasteiger partial charge in [-0.1, -0.05) is 19.3 Å². The number of hydrogen-bond donors (Lipinski definition) is 0. The molecular formula is C15H15FN2O. The van der Waals surface area contributed by atoms with Crippen molar-refractivity contribution in [1.82, 2.24) is 4.90 Å². The van der Waals surface area contributed by atoms with Crippen LogP contribution >= 0.6 is 0 Å². The second-order valence-corrected chi connectivity index (χ2v) is 5.27. The van der Waals surface area contributed by atoms with Crippen molar-refractivity contribution < 1.29 is 9.18 Å². The summed E-state index contributed by atoms with van der Waals surface area (Å²) in [5, 5.41) is 9.36. The van der Waals surface area contributed by atoms with Gasteiger partial charge in [0, 0.05) is 17.2 Å². The van der Waals surface area contributed by atoms with Gasteiger partial charge < -0.3 is 4.90 Å². The van der Waals surface area contributed by atoms with Crippen molar-refractivity contribution in [2.45, 2.75) is 44.2 Å². The van der Waals surface area contributed by atoms with Crippen LogP contribution in [-0.2, 0) is 0 Å². The summed E-state index contributed by atoms with van der Waals surface area (Å²) in [4.78, 5) is 14.1. The van der Waals surface area contributed by atoms with Crippen LogP contribution in [0.5, 0.6) is 0 Å². The number of benzene rings is 1. The normalized spacial score (nSPS) is 23.3. The molecule has 1 aliphatic heterocycles. The molecule has 19 heavy (non-hydrogen) atoms. The van der Waals surface area contributed by atoms with Gasteiger partial charge in [-0.05, 0) is 31.0 Å². The minimum Gasteiger partial charge on any atom is -0.315 e. The molecule has 1 saturated carbocycles. The van der Waals surface area contributed by atoms with Gasteiger partial charge in [0.25, 0.3) is 5.91 Å². The fourth-order valence-corrected chi connectivity index (χ4v) is 3.23. The molecule has 0 bridgehead atoms. The van der Waals surface area contributed by atoms with Crippen LogP contribution in [0.3, 0.4) is 0 Å². The van der Waals surface area contributed by atoms with Gasteiger partial charge in [0.2, 0.25) is 0 Å². The molecule has 98 valence electrons. The van der Waals surface area contributed by atoms with E-state index in [0.29, 0.717) is 11.1 Å². The molecule has 1 aliphatic carbocycles. The van der Waals surface area contributed by atoms with Crippen LogP contribution in [0.15, 0.2) is 18.2 Å². The minimum absolute atomic E-state index is 0.117. The monoisotopic (exact) mass is 258 g/mol. The lowest BCUT2D eigenvalue weighted by molar-refractivity contribution is 0.0625. The van der Waals surface area contributed by atoms with Crippen LogP contribution < -0.4 is 0 Å². The Morgan fingerprint density at radius 3 is 2.68 bits per heavy atom. The number of amides is 1. The molecule has 0 spiro atoms. The molecule has 1 unspecified atom stereocenters. The number of nitriles is 1. The van der Waals surface area contributed by atoms with Crippen LogP contribution in [0, 0.1) is 17.1 Å². The zero-order valence-corrected chi connectivity index (χ0v) is 10.6. The molecule has 0 radical (unpaired) electrons. The van der Waals surface area contributed by atoms with E-state index in [1.54, 1.807) is 4.90 Å². The van der Waals surface area contributed by atoms with Crippen molar-refractivity contribution in [2.75, 3.05) is 0 Å². The number of nitrogens with zero attached hydrogens (tertiary/aromatic N) is 2. The van der Waals surface area contributed by atoms with Gasteiger partial charge in [0.05, 0.1) is 6.07 Å². The van der Waals surface area contributed by atoms with E-state index in [-0.39, 0.29) is 11.9 Å². The quantitative estimate of drug-likeness (QED) is 0.776. The Labute approximate surface area is 111 Å². The number of carbonyl (C=O) groups is 1. The van der Waals surface area contributed by atoms with Gasteiger partial charge in [-0.2, -0.15) is 5.26 Å². The highest BCUT2D eigenvalue weighted by molar-refractivity contribution is 5.99. The number of rotatable bonds is 1. The van der Waals surface area contributed by atoms with Crippen LogP contribution in [0.2, 0.25) is 0 Å². The lowest BCUT2D eigenvalue weighted by atomic mass is 9.93. The van der Waals surface area contributed by atoms with Crippen LogP contribution in [0.4, 0.5) is 4.39 Å². The SMILES string of the molecule is N#CC1c2cc(F)ccc2C(=O)N1C1CCCCC1. The molecule has 4 heteroatoms. The standard InChI is InChI=1S/C15H15FN2O/c16-10-6-7-12-13(8-10)14(9-17)18(15(12)19)11-4-2-1-3-5-11/h6-8,11,14H,1-5H2. The third-order valence-corrected chi connectivity index (χ3v) is 4.14. The maximum absolute atomic E-state index is 13.3. The van der Waals surface area contributed by atoms with Gasteiger partial charge in [0.1, 0.15) is 11.9 Å². The number of hydrogen-bond acceptors (Lipinski definition) is 2. The molecule has 2 aliphatic rings. The predicted octanol–water partition coefficient (Wildman–Crippen LogP) is 3.18. The summed E-state index contributed by atoms with van der Waals surface area (Å²) < 4.78 is 13.3. The number of halogens is 1. The highest BCUT2D eigenvalue weighted by atomic mass is 19.1. The first kappa shape index (κ1) is 12.2. The summed E-state index contributed by atoms with van der Waals surface area (Å²) >= 11 is 0. The molecule has 1 atom stereocenters. The zero-order chi connectivity index (χ0) is 13.4. The molecule has 0 aromatic heterocycles. The average molecular weight is 258 g/mol. The summed E-state index contributed by atoms with van der Waals surface area (Å²) in [5.41, 5.74) is 1.01. The molecule has 0 saturated heterocycles. The van der Waals surface area contributed by atoms with Crippen molar-refractivity contribution >= 4 is 5.91 Å². The van der Waals surface area contributed by atoms with Crippen molar-refractivity contribution in [3.63, 3.8) is 0 Å². The maximum atomic E-state index is 13.3. The summed E-state index contributed by atoms with van der Waals surface area (Å²) in [5.74, 6) is -0.509. The molecule has 3 rings (SSSR count). The second kappa shape index (κ2) is 4.65. The maximum Gasteiger partial charge on any atom is 0.255 e. The average Bonchev–Trinajstić information content (AvgIpc) is 2.71. The predicted molar refractivity (Wildman–Crippen MR) is 67.8 cm³/mol. The first-order valence-electron chi connectivity index (χ1n) is 6.74. The third kappa shape index (κ3) is 1.90. The fraction of sp³-hybridized carbons (Fsp3) is 0.467. The lowest BCUT2D eigenvalue weighted by Gasteiger charge is -2.33. The topological polar surface area (TPSA) is 44.1 Å². The molecule has 1 aromatic carbocycles. The number of fused-ring (bicyclic) bond motifs is 1. The second-order valence-electron chi connectivity index (χ2n) is 5.27. The van der Waals surface area contributed by atoms with Crippen molar-refractivity contribution in [2.24, 2.45) is 0 Å². The van der Waals surface area contributed by atoms with E-state index in [2.05, 4.69) is 6.07 Å². The highest BCUT2D eigenvalue weighted by Gasteiger charge is 2.41. The van der Waals surface area contributed by atoms with E-state index in [1.165, 1.54) is 24.6 Å². The Morgan fingerprint density at radius 1 is 1.26 bits per heavy atom. The molecule has 3 nitrogen and oxygen atoms in total. The van der Waals surface area contributed by atoms with Crippen molar-refractivity contribution in [3.05, 3.63) is 35.1 Å². The summed E-state index contributed by atoms with van der Waals surface area (Å²) in [6.45, 7) is 0. The Hall–Kier alpha value is -1.89. The summed E-state index contributed by atoms with van der Waals surface area (Å²) in [6, 6.07) is 5.78.